The van der Waals surface area contributed by atoms with Gasteiger partial charge in [-0.2, -0.15) is 5.26 Å². The Morgan fingerprint density at radius 2 is 1.83 bits per heavy atom. The van der Waals surface area contributed by atoms with Crippen LogP contribution in [-0.2, 0) is 4.74 Å². The third-order valence-electron chi connectivity index (χ3n) is 3.55. The summed E-state index contributed by atoms with van der Waals surface area (Å²) in [6.07, 6.45) is 0. The van der Waals surface area contributed by atoms with E-state index in [1.54, 1.807) is 0 Å². The lowest BCUT2D eigenvalue weighted by molar-refractivity contribution is -0.0716. The van der Waals surface area contributed by atoms with E-state index in [9.17, 15) is 5.26 Å². The number of aryl methyl sites for hydroxylation is 3. The number of ether oxygens (including phenoxy) is 1. The van der Waals surface area contributed by atoms with E-state index in [2.05, 4.69) is 50.9 Å². The van der Waals surface area contributed by atoms with Gasteiger partial charge in [-0.15, -0.1) is 0 Å². The van der Waals surface area contributed by atoms with E-state index in [-0.39, 0.29) is 5.41 Å². The molecular weight excluding hydrogens is 224 g/mol. The van der Waals surface area contributed by atoms with Crippen molar-refractivity contribution in [1.29, 1.82) is 5.26 Å². The molecule has 18 heavy (non-hydrogen) atoms. The molecule has 1 saturated heterocycles. The molecule has 0 saturated carbocycles. The van der Waals surface area contributed by atoms with Crippen molar-refractivity contribution >= 4 is 5.69 Å². The van der Waals surface area contributed by atoms with Gasteiger partial charge in [0.15, 0.2) is 0 Å². The van der Waals surface area contributed by atoms with Crippen molar-refractivity contribution in [3.8, 4) is 6.07 Å². The van der Waals surface area contributed by atoms with Crippen LogP contribution in [0.2, 0.25) is 0 Å². The molecule has 0 atom stereocenters. The highest BCUT2D eigenvalue weighted by molar-refractivity contribution is 5.60. The Morgan fingerprint density at radius 1 is 1.28 bits per heavy atom. The number of benzene rings is 1. The third-order valence-corrected chi connectivity index (χ3v) is 3.55. The molecule has 1 aliphatic heterocycles. The highest BCUT2D eigenvalue weighted by Crippen LogP contribution is 2.32. The molecule has 0 amide bonds. The fraction of sp³-hybridized carbons (Fsp3) is 0.533. The van der Waals surface area contributed by atoms with Gasteiger partial charge in [-0.3, -0.25) is 0 Å². The van der Waals surface area contributed by atoms with Crippen LogP contribution in [0.5, 0.6) is 0 Å². The Hall–Kier alpha value is -1.53. The summed E-state index contributed by atoms with van der Waals surface area (Å²) in [5, 5.41) is 9.26. The zero-order chi connectivity index (χ0) is 13.3. The monoisotopic (exact) mass is 244 g/mol. The molecule has 0 aliphatic carbocycles. The summed E-state index contributed by atoms with van der Waals surface area (Å²) in [6.45, 7) is 8.20. The first-order valence-electron chi connectivity index (χ1n) is 6.25. The van der Waals surface area contributed by atoms with E-state index in [1.165, 1.54) is 22.4 Å². The van der Waals surface area contributed by atoms with Crippen LogP contribution >= 0.6 is 0 Å². The lowest BCUT2D eigenvalue weighted by Crippen LogP contribution is -2.49. The van der Waals surface area contributed by atoms with E-state index < -0.39 is 0 Å². The Labute approximate surface area is 109 Å². The minimum atomic E-state index is -0.321. The highest BCUT2D eigenvalue weighted by atomic mass is 16.5. The predicted octanol–water partition coefficient (Wildman–Crippen LogP) is 2.59. The zero-order valence-corrected chi connectivity index (χ0v) is 11.6. The van der Waals surface area contributed by atoms with Crippen LogP contribution in [0.3, 0.4) is 0 Å². The quantitative estimate of drug-likeness (QED) is 0.820. The minimum absolute atomic E-state index is 0.321. The van der Waals surface area contributed by atoms with E-state index >= 15 is 0 Å². The summed E-state index contributed by atoms with van der Waals surface area (Å²) in [5.41, 5.74) is 4.73. The van der Waals surface area contributed by atoms with Crippen LogP contribution in [-0.4, -0.2) is 26.8 Å². The van der Waals surface area contributed by atoms with Gasteiger partial charge in [0.05, 0.1) is 19.3 Å². The molecule has 1 heterocycles. The average molecular weight is 244 g/mol. The van der Waals surface area contributed by atoms with Gasteiger partial charge in [0.25, 0.3) is 0 Å². The number of hydrogen-bond donors (Lipinski definition) is 0. The SMILES string of the molecule is Cc1cc(C)c(N(C)CC2(C#N)COC2)c(C)c1. The van der Waals surface area contributed by atoms with Crippen LogP contribution in [0.25, 0.3) is 0 Å². The molecule has 3 heteroatoms. The summed E-state index contributed by atoms with van der Waals surface area (Å²) in [5.74, 6) is 0. The van der Waals surface area contributed by atoms with Crippen molar-refractivity contribution in [2.75, 3.05) is 31.7 Å². The first kappa shape index (κ1) is 12.9. The first-order valence-corrected chi connectivity index (χ1v) is 6.25. The molecule has 0 bridgehead atoms. The predicted molar refractivity (Wildman–Crippen MR) is 72.8 cm³/mol. The van der Waals surface area contributed by atoms with E-state index in [0.29, 0.717) is 13.2 Å². The Morgan fingerprint density at radius 3 is 2.22 bits per heavy atom. The Bertz CT molecular complexity index is 475. The van der Waals surface area contributed by atoms with E-state index in [0.717, 1.165) is 6.54 Å². The normalized spacial score (nSPS) is 16.8. The van der Waals surface area contributed by atoms with Crippen molar-refractivity contribution in [2.24, 2.45) is 5.41 Å². The van der Waals surface area contributed by atoms with Gasteiger partial charge in [0.2, 0.25) is 0 Å². The van der Waals surface area contributed by atoms with Gasteiger partial charge >= 0.3 is 0 Å². The second kappa shape index (κ2) is 4.62. The van der Waals surface area contributed by atoms with E-state index in [1.807, 2.05) is 0 Å². The maximum absolute atomic E-state index is 9.26. The molecule has 2 rings (SSSR count). The minimum Gasteiger partial charge on any atom is -0.378 e. The molecule has 96 valence electrons. The molecule has 1 fully saturated rings. The fourth-order valence-corrected chi connectivity index (χ4v) is 2.85. The van der Waals surface area contributed by atoms with Gasteiger partial charge in [0, 0.05) is 19.3 Å². The summed E-state index contributed by atoms with van der Waals surface area (Å²) in [6, 6.07) is 6.78. The second-order valence-corrected chi connectivity index (χ2v) is 5.49. The Kier molecular flexibility index (Phi) is 3.32. The number of rotatable bonds is 3. The average Bonchev–Trinajstić information content (AvgIpc) is 2.21. The van der Waals surface area contributed by atoms with Crippen molar-refractivity contribution in [3.63, 3.8) is 0 Å². The van der Waals surface area contributed by atoms with Crippen LogP contribution in [0.4, 0.5) is 5.69 Å². The maximum Gasteiger partial charge on any atom is 0.121 e. The van der Waals surface area contributed by atoms with Crippen molar-refractivity contribution in [2.45, 2.75) is 20.8 Å². The highest BCUT2D eigenvalue weighted by Gasteiger charge is 2.40. The first-order chi connectivity index (χ1) is 8.47. The molecule has 1 aromatic rings. The van der Waals surface area contributed by atoms with Crippen LogP contribution in [0.1, 0.15) is 16.7 Å². The summed E-state index contributed by atoms with van der Waals surface area (Å²) in [7, 11) is 2.06. The number of hydrogen-bond acceptors (Lipinski definition) is 3. The van der Waals surface area contributed by atoms with Gasteiger partial charge in [-0.25, -0.2) is 0 Å². The zero-order valence-electron chi connectivity index (χ0n) is 11.6. The summed E-state index contributed by atoms with van der Waals surface area (Å²) < 4.78 is 5.20. The van der Waals surface area contributed by atoms with Gasteiger partial charge in [-0.05, 0) is 31.9 Å². The number of nitrogens with zero attached hydrogens (tertiary/aromatic N) is 2. The Balaban J connectivity index is 2.24. The van der Waals surface area contributed by atoms with Crippen LogP contribution in [0, 0.1) is 37.5 Å². The van der Waals surface area contributed by atoms with Crippen LogP contribution in [0.15, 0.2) is 12.1 Å². The molecule has 0 radical (unpaired) electrons. The number of nitriles is 1. The lowest BCUT2D eigenvalue weighted by atomic mass is 9.87. The molecule has 3 nitrogen and oxygen atoms in total. The van der Waals surface area contributed by atoms with Gasteiger partial charge in [0.1, 0.15) is 5.41 Å². The summed E-state index contributed by atoms with van der Waals surface area (Å²) >= 11 is 0. The molecule has 0 N–H and O–H groups in total. The smallest absolute Gasteiger partial charge is 0.121 e. The second-order valence-electron chi connectivity index (χ2n) is 5.49. The fourth-order valence-electron chi connectivity index (χ4n) is 2.85. The lowest BCUT2D eigenvalue weighted by Gasteiger charge is -2.39. The standard InChI is InChI=1S/C15H20N2O/c1-11-5-12(2)14(13(3)6-11)17(4)8-15(7-16)9-18-10-15/h5-6H,8-10H2,1-4H3. The van der Waals surface area contributed by atoms with Crippen molar-refractivity contribution in [3.05, 3.63) is 28.8 Å². The summed E-state index contributed by atoms with van der Waals surface area (Å²) in [4.78, 5) is 2.19. The molecule has 1 aromatic carbocycles. The maximum atomic E-state index is 9.26. The van der Waals surface area contributed by atoms with Crippen LogP contribution < -0.4 is 4.90 Å². The third kappa shape index (κ3) is 2.21. The topological polar surface area (TPSA) is 36.3 Å². The van der Waals surface area contributed by atoms with Gasteiger partial charge in [-0.1, -0.05) is 17.7 Å². The largest absolute Gasteiger partial charge is 0.378 e. The molecule has 0 aromatic heterocycles. The van der Waals surface area contributed by atoms with Crippen molar-refractivity contribution < 1.29 is 4.74 Å². The molecule has 1 aliphatic rings. The van der Waals surface area contributed by atoms with Crippen molar-refractivity contribution in [1.82, 2.24) is 0 Å². The molecular formula is C15H20N2O. The molecule has 0 unspecified atom stereocenters. The van der Waals surface area contributed by atoms with E-state index in [4.69, 9.17) is 4.74 Å². The number of anilines is 1. The molecule has 0 spiro atoms. The van der Waals surface area contributed by atoms with Gasteiger partial charge < -0.3 is 9.64 Å².